The smallest absolute Gasteiger partial charge is 0.349 e. The summed E-state index contributed by atoms with van der Waals surface area (Å²) in [5, 5.41) is 11.0. The number of anilines is 1. The SMILES string of the molecule is CC(C1CCC1)N1C(N)=c2c(nc(N3CCOC[C@H]3c3ccccc3)n2C[C@H]2CC[C@H](C)CC2)=NC1C(=O)O. The number of morpholine rings is 1. The lowest BCUT2D eigenvalue weighted by Crippen LogP contribution is -2.57. The van der Waals surface area contributed by atoms with E-state index in [1.165, 1.54) is 37.7 Å². The zero-order chi connectivity index (χ0) is 27.1. The standard InChI is InChI=1S/C30H42N6O3/c1-19-11-13-21(14-12-19)17-35-25-26(31)36(20(2)22-9-6-10-22)28(29(37)38)32-27(25)33-30(35)34-15-16-39-18-24(34)23-7-4-3-5-8-23/h3-5,7-8,19-22,24,28H,6,9-18,31H2,1-2H3,(H,37,38)/t19-,20?,21-,24-,28?/m0/s1. The average molecular weight is 535 g/mol. The summed E-state index contributed by atoms with van der Waals surface area (Å²) in [7, 11) is 0. The third-order valence-corrected chi connectivity index (χ3v) is 9.60. The molecule has 6 rings (SSSR count). The number of hydrogen-bond acceptors (Lipinski definition) is 7. The van der Waals surface area contributed by atoms with E-state index in [-0.39, 0.29) is 12.1 Å². The summed E-state index contributed by atoms with van der Waals surface area (Å²) in [6.07, 6.45) is 7.14. The van der Waals surface area contributed by atoms with Crippen molar-refractivity contribution in [2.24, 2.45) is 28.5 Å². The number of rotatable bonds is 7. The first-order valence-corrected chi connectivity index (χ1v) is 14.8. The van der Waals surface area contributed by atoms with Crippen molar-refractivity contribution in [2.45, 2.75) is 83.6 Å². The lowest BCUT2D eigenvalue weighted by atomic mass is 9.79. The van der Waals surface area contributed by atoms with Crippen LogP contribution in [0.15, 0.2) is 35.3 Å². The molecule has 3 N–H and O–H groups in total. The third kappa shape index (κ3) is 4.90. The Hall–Kier alpha value is -3.07. The maximum Gasteiger partial charge on any atom is 0.349 e. The quantitative estimate of drug-likeness (QED) is 0.562. The molecule has 0 spiro atoms. The van der Waals surface area contributed by atoms with Crippen LogP contribution in [-0.4, -0.2) is 57.5 Å². The van der Waals surface area contributed by atoms with Crippen LogP contribution in [0.3, 0.4) is 0 Å². The van der Waals surface area contributed by atoms with E-state index < -0.39 is 12.1 Å². The molecule has 9 nitrogen and oxygen atoms in total. The number of aromatic nitrogens is 2. The molecular weight excluding hydrogens is 492 g/mol. The van der Waals surface area contributed by atoms with Gasteiger partial charge in [-0.3, -0.25) is 0 Å². The highest BCUT2D eigenvalue weighted by Crippen LogP contribution is 2.35. The van der Waals surface area contributed by atoms with Gasteiger partial charge in [0.25, 0.3) is 0 Å². The van der Waals surface area contributed by atoms with Crippen LogP contribution in [0.25, 0.3) is 5.82 Å². The van der Waals surface area contributed by atoms with Gasteiger partial charge in [0.15, 0.2) is 5.49 Å². The Morgan fingerprint density at radius 3 is 2.56 bits per heavy atom. The monoisotopic (exact) mass is 534 g/mol. The molecule has 2 saturated carbocycles. The van der Waals surface area contributed by atoms with E-state index in [0.29, 0.717) is 42.9 Å². The third-order valence-electron chi connectivity index (χ3n) is 9.60. The van der Waals surface area contributed by atoms with Gasteiger partial charge >= 0.3 is 5.97 Å². The number of benzene rings is 1. The normalized spacial score (nSPS) is 28.4. The molecule has 1 saturated heterocycles. The highest BCUT2D eigenvalue weighted by Gasteiger charge is 2.40. The lowest BCUT2D eigenvalue weighted by Gasteiger charge is -2.42. The summed E-state index contributed by atoms with van der Waals surface area (Å²) < 4.78 is 8.21. The molecule has 1 aromatic heterocycles. The number of carboxylic acid groups (broad SMARTS) is 1. The van der Waals surface area contributed by atoms with Gasteiger partial charge in [-0.05, 0) is 55.9 Å². The molecule has 2 aliphatic carbocycles. The van der Waals surface area contributed by atoms with Gasteiger partial charge in [-0.1, -0.05) is 56.5 Å². The number of fused-ring (bicyclic) bond motifs is 1. The number of carbonyl (C=O) groups is 1. The van der Waals surface area contributed by atoms with Crippen LogP contribution in [0.1, 0.15) is 70.4 Å². The van der Waals surface area contributed by atoms with E-state index in [1.807, 2.05) is 11.0 Å². The molecule has 0 radical (unpaired) electrons. The maximum atomic E-state index is 12.5. The van der Waals surface area contributed by atoms with Crippen molar-refractivity contribution in [3.63, 3.8) is 0 Å². The lowest BCUT2D eigenvalue weighted by molar-refractivity contribution is -0.143. The Balaban J connectivity index is 1.49. The molecule has 0 bridgehead atoms. The summed E-state index contributed by atoms with van der Waals surface area (Å²) in [5.41, 5.74) is 8.60. The Labute approximate surface area is 230 Å². The van der Waals surface area contributed by atoms with Crippen molar-refractivity contribution >= 4 is 17.7 Å². The van der Waals surface area contributed by atoms with Gasteiger partial charge in [-0.25, -0.2) is 9.79 Å². The number of imidazole rings is 1. The van der Waals surface area contributed by atoms with Gasteiger partial charge < -0.3 is 29.9 Å². The molecule has 3 heterocycles. The van der Waals surface area contributed by atoms with Crippen LogP contribution in [0, 0.1) is 17.8 Å². The first-order valence-electron chi connectivity index (χ1n) is 14.8. The number of carboxylic acids is 1. The highest BCUT2D eigenvalue weighted by atomic mass is 16.5. The molecular formula is C30H42N6O3. The molecule has 0 amide bonds. The number of nitrogens with two attached hydrogens (primary N) is 1. The Kier molecular flexibility index (Phi) is 7.27. The second-order valence-corrected chi connectivity index (χ2v) is 12.1. The minimum absolute atomic E-state index is 0.000431. The molecule has 1 aromatic carbocycles. The first kappa shape index (κ1) is 26.2. The molecule has 2 aliphatic heterocycles. The molecule has 4 aliphatic rings. The predicted octanol–water partition coefficient (Wildman–Crippen LogP) is 2.85. The van der Waals surface area contributed by atoms with E-state index in [1.54, 1.807) is 0 Å². The van der Waals surface area contributed by atoms with Crippen LogP contribution in [-0.2, 0) is 16.1 Å². The number of ether oxygens (including phenoxy) is 1. The van der Waals surface area contributed by atoms with Crippen molar-refractivity contribution in [1.29, 1.82) is 0 Å². The van der Waals surface area contributed by atoms with E-state index in [4.69, 9.17) is 20.4 Å². The van der Waals surface area contributed by atoms with Crippen LogP contribution in [0.5, 0.6) is 0 Å². The van der Waals surface area contributed by atoms with E-state index in [0.717, 1.165) is 36.6 Å². The Bertz CT molecular complexity index is 1300. The van der Waals surface area contributed by atoms with Crippen molar-refractivity contribution < 1.29 is 14.6 Å². The summed E-state index contributed by atoms with van der Waals surface area (Å²) >= 11 is 0. The first-order chi connectivity index (χ1) is 18.9. The topological polar surface area (TPSA) is 109 Å². The van der Waals surface area contributed by atoms with Crippen LogP contribution in [0.2, 0.25) is 0 Å². The summed E-state index contributed by atoms with van der Waals surface area (Å²) in [5.74, 6) is 2.06. The number of aliphatic carboxylic acids is 1. The van der Waals surface area contributed by atoms with Gasteiger partial charge in [0, 0.05) is 19.1 Å². The average Bonchev–Trinajstić information content (AvgIpc) is 3.27. The summed E-state index contributed by atoms with van der Waals surface area (Å²) in [6.45, 7) is 7.13. The maximum absolute atomic E-state index is 12.5. The van der Waals surface area contributed by atoms with E-state index >= 15 is 0 Å². The second-order valence-electron chi connectivity index (χ2n) is 12.1. The summed E-state index contributed by atoms with van der Waals surface area (Å²) in [4.78, 5) is 26.5. The zero-order valence-electron chi connectivity index (χ0n) is 23.2. The Morgan fingerprint density at radius 1 is 1.15 bits per heavy atom. The van der Waals surface area contributed by atoms with Gasteiger partial charge in [0.05, 0.1) is 19.3 Å². The van der Waals surface area contributed by atoms with Gasteiger partial charge in [-0.2, -0.15) is 4.98 Å². The minimum Gasteiger partial charge on any atom is -0.478 e. The second kappa shape index (κ2) is 10.8. The molecule has 3 atom stereocenters. The van der Waals surface area contributed by atoms with Crippen LogP contribution >= 0.6 is 0 Å². The van der Waals surface area contributed by atoms with Crippen LogP contribution < -0.4 is 21.5 Å². The molecule has 9 heteroatoms. The molecule has 210 valence electrons. The number of nitrogens with zero attached hydrogens (tertiary/aromatic N) is 5. The fourth-order valence-corrected chi connectivity index (χ4v) is 6.93. The van der Waals surface area contributed by atoms with Gasteiger partial charge in [0.1, 0.15) is 11.2 Å². The highest BCUT2D eigenvalue weighted by molar-refractivity contribution is 5.75. The van der Waals surface area contributed by atoms with Crippen molar-refractivity contribution in [3.05, 3.63) is 46.7 Å². The largest absolute Gasteiger partial charge is 0.478 e. The van der Waals surface area contributed by atoms with Crippen LogP contribution in [0.4, 0.5) is 5.95 Å². The van der Waals surface area contributed by atoms with Crippen molar-refractivity contribution in [2.75, 3.05) is 24.7 Å². The van der Waals surface area contributed by atoms with Crippen molar-refractivity contribution in [1.82, 2.24) is 14.5 Å². The summed E-state index contributed by atoms with van der Waals surface area (Å²) in [6, 6.07) is 10.4. The zero-order valence-corrected chi connectivity index (χ0v) is 23.2. The molecule has 39 heavy (non-hydrogen) atoms. The fraction of sp³-hybridized carbons (Fsp3) is 0.633. The van der Waals surface area contributed by atoms with E-state index in [9.17, 15) is 9.90 Å². The van der Waals surface area contributed by atoms with Crippen molar-refractivity contribution in [3.8, 4) is 0 Å². The molecule has 2 unspecified atom stereocenters. The fourth-order valence-electron chi connectivity index (χ4n) is 6.93. The predicted molar refractivity (Wildman–Crippen MR) is 149 cm³/mol. The molecule has 2 aromatic rings. The number of hydrogen-bond donors (Lipinski definition) is 2. The Morgan fingerprint density at radius 2 is 1.90 bits per heavy atom. The van der Waals surface area contributed by atoms with E-state index in [2.05, 4.69) is 47.6 Å². The minimum atomic E-state index is -1.06. The molecule has 3 fully saturated rings. The van der Waals surface area contributed by atoms with Gasteiger partial charge in [-0.15, -0.1) is 0 Å². The van der Waals surface area contributed by atoms with Gasteiger partial charge in [0.2, 0.25) is 12.1 Å².